The molecule has 4 aliphatic carbocycles. The second-order valence-electron chi connectivity index (χ2n) is 26.2. The van der Waals surface area contributed by atoms with Crippen LogP contribution in [0.4, 0.5) is 0 Å². The molecule has 458 valence electrons. The Labute approximate surface area is 466 Å². The molecule has 24 nitrogen and oxygen atoms in total. The number of hydrogen-bond donors (Lipinski definition) is 12. The number of fused-ring (bicyclic) bond motifs is 7. The molecule has 1 spiro atoms. The van der Waals surface area contributed by atoms with Crippen LogP contribution >= 0.6 is 0 Å². The number of hydrogen-bond acceptors (Lipinski definition) is 24. The zero-order valence-corrected chi connectivity index (χ0v) is 46.8. The molecule has 0 radical (unpaired) electrons. The first-order valence-electron chi connectivity index (χ1n) is 29.5. The van der Waals surface area contributed by atoms with Gasteiger partial charge >= 0.3 is 0 Å². The minimum Gasteiger partial charge on any atom is -0.394 e. The third-order valence-corrected chi connectivity index (χ3v) is 21.4. The Bertz CT molecular complexity index is 2150. The van der Waals surface area contributed by atoms with Crippen LogP contribution in [0.15, 0.2) is 11.6 Å². The maximum atomic E-state index is 12.4. The van der Waals surface area contributed by atoms with Gasteiger partial charge in [-0.3, -0.25) is 0 Å². The van der Waals surface area contributed by atoms with Gasteiger partial charge in [0.25, 0.3) is 0 Å². The first kappa shape index (κ1) is 60.5. The molecule has 0 aromatic rings. The average Bonchev–Trinajstić information content (AvgIpc) is 4.12. The van der Waals surface area contributed by atoms with Crippen LogP contribution in [0, 0.1) is 46.3 Å². The predicted octanol–water partition coefficient (Wildman–Crippen LogP) is -1.44. The lowest BCUT2D eigenvalue weighted by Gasteiger charge is -2.58. The molecule has 7 saturated heterocycles. The molecular weight excluding hydrogens is 1060 g/mol. The highest BCUT2D eigenvalue weighted by molar-refractivity contribution is 5.26. The smallest absolute Gasteiger partial charge is 0.187 e. The van der Waals surface area contributed by atoms with E-state index >= 15 is 0 Å². The zero-order chi connectivity index (χ0) is 57.2. The van der Waals surface area contributed by atoms with Crippen LogP contribution in [0.5, 0.6) is 0 Å². The van der Waals surface area contributed by atoms with Gasteiger partial charge in [-0.2, -0.15) is 0 Å². The predicted molar refractivity (Wildman–Crippen MR) is 271 cm³/mol. The second kappa shape index (κ2) is 23.1. The van der Waals surface area contributed by atoms with Crippen molar-refractivity contribution in [3.63, 3.8) is 0 Å². The number of rotatable bonds is 11. The van der Waals surface area contributed by atoms with Crippen LogP contribution in [0.1, 0.15) is 106 Å². The Balaban J connectivity index is 0.766. The van der Waals surface area contributed by atoms with Gasteiger partial charge in [0.2, 0.25) is 0 Å². The monoisotopic (exact) mass is 1150 g/mol. The Morgan fingerprint density at radius 3 is 1.80 bits per heavy atom. The van der Waals surface area contributed by atoms with E-state index in [0.717, 1.165) is 51.6 Å². The van der Waals surface area contributed by atoms with Crippen molar-refractivity contribution < 1.29 is 118 Å². The van der Waals surface area contributed by atoms with Crippen molar-refractivity contribution in [3.05, 3.63) is 11.6 Å². The molecule has 80 heavy (non-hydrogen) atoms. The van der Waals surface area contributed by atoms with Gasteiger partial charge in [-0.1, -0.05) is 39.3 Å². The molecule has 11 rings (SSSR count). The summed E-state index contributed by atoms with van der Waals surface area (Å²) in [5.41, 5.74) is 1.36. The highest BCUT2D eigenvalue weighted by Gasteiger charge is 2.69. The van der Waals surface area contributed by atoms with Gasteiger partial charge < -0.3 is 118 Å². The van der Waals surface area contributed by atoms with Crippen molar-refractivity contribution >= 4 is 0 Å². The Morgan fingerprint density at radius 1 is 0.550 bits per heavy atom. The zero-order valence-electron chi connectivity index (χ0n) is 46.8. The van der Waals surface area contributed by atoms with Gasteiger partial charge in [0.15, 0.2) is 37.2 Å². The summed E-state index contributed by atoms with van der Waals surface area (Å²) in [6, 6.07) is 0. The van der Waals surface area contributed by atoms with E-state index in [2.05, 4.69) is 33.8 Å². The Hall–Kier alpha value is -1.22. The normalized spacial score (nSPS) is 58.1. The summed E-state index contributed by atoms with van der Waals surface area (Å²) >= 11 is 0. The molecule has 3 saturated carbocycles. The summed E-state index contributed by atoms with van der Waals surface area (Å²) in [6.45, 7) is 13.4. The maximum absolute atomic E-state index is 12.4. The van der Waals surface area contributed by atoms with Gasteiger partial charge in [0.05, 0.1) is 50.3 Å². The van der Waals surface area contributed by atoms with Crippen molar-refractivity contribution in [1.29, 1.82) is 0 Å². The number of allylic oxidation sites excluding steroid dienone is 1. The first-order valence-corrected chi connectivity index (χ1v) is 29.5. The lowest BCUT2D eigenvalue weighted by Crippen LogP contribution is -2.67. The molecule has 7 aliphatic heterocycles. The van der Waals surface area contributed by atoms with Gasteiger partial charge in [-0.05, 0) is 113 Å². The number of ether oxygens (including phenoxy) is 12. The molecule has 12 N–H and O–H groups in total. The van der Waals surface area contributed by atoms with E-state index in [1.807, 2.05) is 0 Å². The van der Waals surface area contributed by atoms with E-state index in [4.69, 9.17) is 56.8 Å². The number of aliphatic hydroxyl groups is 12. The van der Waals surface area contributed by atoms with Crippen molar-refractivity contribution in [2.45, 2.75) is 272 Å². The quantitative estimate of drug-likeness (QED) is 0.105. The maximum Gasteiger partial charge on any atom is 0.187 e. The van der Waals surface area contributed by atoms with E-state index in [9.17, 15) is 61.3 Å². The van der Waals surface area contributed by atoms with Crippen LogP contribution in [0.25, 0.3) is 0 Å². The van der Waals surface area contributed by atoms with Gasteiger partial charge in [0, 0.05) is 12.3 Å². The first-order chi connectivity index (χ1) is 37.9. The average molecular weight is 1150 g/mol. The SMILES string of the molecule is C[C@@H]1CC[C@@]2(OC1)O[C@H]1C[C@H]3[C@@H]4CC=C5C[C@@H](O[C@@H]6O[C@H](CO)[C@@H](O[C@@H]7OC[C@@H](O)[C@@H](O[C@@H]8O[C@@H](C)[C@H](O[C@@H]9O[C@@H](C)[C@H](O)[C@@H](O)[C@H]9O)[C@@H](O)[C@H]8O)[C@@H]7O)[C@H](O)[C@H]6O[C@@H]6O[C@@H](C)[C@H](O)[C@@H](O)[C@H]6O)CC[C@]5(C)[C@H]4CC[C@]3(C)[C@H]1[C@@H]2C. The summed E-state index contributed by atoms with van der Waals surface area (Å²) in [5, 5.41) is 132. The minimum absolute atomic E-state index is 0.0859. The molecule has 0 bridgehead atoms. The Morgan fingerprint density at radius 2 is 1.16 bits per heavy atom. The fourth-order valence-electron chi connectivity index (χ4n) is 16.7. The molecule has 0 aromatic heterocycles. The van der Waals surface area contributed by atoms with E-state index in [1.54, 1.807) is 0 Å². The second-order valence-corrected chi connectivity index (χ2v) is 26.2. The molecule has 0 unspecified atom stereocenters. The van der Waals surface area contributed by atoms with E-state index < -0.39 is 173 Å². The van der Waals surface area contributed by atoms with Gasteiger partial charge in [-0.25, -0.2) is 0 Å². The summed E-state index contributed by atoms with van der Waals surface area (Å²) < 4.78 is 73.9. The van der Waals surface area contributed by atoms with Crippen molar-refractivity contribution in [2.75, 3.05) is 19.8 Å². The van der Waals surface area contributed by atoms with Gasteiger partial charge in [0.1, 0.15) is 97.7 Å². The summed E-state index contributed by atoms with van der Waals surface area (Å²) in [7, 11) is 0. The van der Waals surface area contributed by atoms with Crippen LogP contribution in [-0.4, -0.2) is 247 Å². The summed E-state index contributed by atoms with van der Waals surface area (Å²) in [6.07, 6.45) is -26.8. The largest absolute Gasteiger partial charge is 0.394 e. The lowest BCUT2D eigenvalue weighted by atomic mass is 9.47. The van der Waals surface area contributed by atoms with E-state index in [0.29, 0.717) is 48.3 Å². The lowest BCUT2D eigenvalue weighted by molar-refractivity contribution is -0.392. The van der Waals surface area contributed by atoms with Crippen molar-refractivity contribution in [1.82, 2.24) is 0 Å². The fourth-order valence-corrected chi connectivity index (χ4v) is 16.7. The standard InChI is InChI=1S/C56H90O24/c1-21-10-15-56(70-19-21)22(2)34-32(80-56)17-30-28-9-8-26-16-27(11-13-54(26,6)29(28)12-14-55(30,34)7)74-53-48(79-51-41(65)38(62)36(60)24(4)72-51)43(67)47(33(18-57)75-53)78-49-44(68)46(31(58)20-69-49)77-52-42(66)39(63)45(25(5)73-52)76-50-40(64)37(61)35(59)23(3)71-50/h8,21-25,27-53,57-68H,9-20H2,1-7H3/t21-,22+,23+,24+,25+,27+,28-,29+,30+,31-,32+,33-,34+,35+,36+,37-,38-,39+,40-,41-,42-,43+,44+,45+,46-,47-,48-,49+,50+,51+,52+,53-,54+,55+,56-/m1/s1. The van der Waals surface area contributed by atoms with Crippen LogP contribution in [-0.2, 0) is 56.8 Å². The molecule has 24 heteroatoms. The van der Waals surface area contributed by atoms with Crippen molar-refractivity contribution in [2.24, 2.45) is 46.3 Å². The molecule has 0 aromatic carbocycles. The molecule has 10 fully saturated rings. The topological polar surface area (TPSA) is 354 Å². The molecule has 35 atom stereocenters. The molecule has 7 heterocycles. The number of aliphatic hydroxyl groups excluding tert-OH is 12. The third-order valence-electron chi connectivity index (χ3n) is 21.4. The van der Waals surface area contributed by atoms with Crippen LogP contribution in [0.2, 0.25) is 0 Å². The molecule has 0 amide bonds. The van der Waals surface area contributed by atoms with Crippen molar-refractivity contribution in [3.8, 4) is 0 Å². The third kappa shape index (κ3) is 10.4. The van der Waals surface area contributed by atoms with E-state index in [1.165, 1.54) is 26.3 Å². The van der Waals surface area contributed by atoms with Crippen LogP contribution in [0.3, 0.4) is 0 Å². The molecular formula is C56H90O24. The fraction of sp³-hybridized carbons (Fsp3) is 0.964. The summed E-state index contributed by atoms with van der Waals surface area (Å²) in [5.74, 6) is 2.33. The van der Waals surface area contributed by atoms with Crippen LogP contribution < -0.4 is 0 Å². The minimum atomic E-state index is -1.90. The summed E-state index contributed by atoms with van der Waals surface area (Å²) in [4.78, 5) is 0. The highest BCUT2D eigenvalue weighted by atomic mass is 16.8. The van der Waals surface area contributed by atoms with E-state index in [-0.39, 0.29) is 16.9 Å². The van der Waals surface area contributed by atoms with Gasteiger partial charge in [-0.15, -0.1) is 0 Å². The highest BCUT2D eigenvalue weighted by Crippen LogP contribution is 2.71. The molecule has 11 aliphatic rings. The Kier molecular flexibility index (Phi) is 17.5.